The highest BCUT2D eigenvalue weighted by Gasteiger charge is 2.26. The van der Waals surface area contributed by atoms with Gasteiger partial charge in [0.15, 0.2) is 0 Å². The number of hydrogen-bond donors (Lipinski definition) is 1. The number of piperidine rings is 1. The van der Waals surface area contributed by atoms with Crippen LogP contribution in [0.3, 0.4) is 0 Å². The van der Waals surface area contributed by atoms with Crippen molar-refractivity contribution >= 4 is 35.0 Å². The minimum Gasteiger partial charge on any atom is -0.369 e. The fourth-order valence-electron chi connectivity index (χ4n) is 2.37. The molecule has 1 heterocycles. The minimum absolute atomic E-state index is 0.0191. The number of carbonyl (C=O) groups excluding carboxylic acids is 2. The predicted molar refractivity (Wildman–Crippen MR) is 78.7 cm³/mol. The second-order valence-corrected chi connectivity index (χ2v) is 5.82. The van der Waals surface area contributed by atoms with Crippen LogP contribution in [0.15, 0.2) is 18.2 Å². The highest BCUT2D eigenvalue weighted by Crippen LogP contribution is 2.23. The number of nitrogens with zero attached hydrogens (tertiary/aromatic N) is 1. The second kappa shape index (κ2) is 6.46. The smallest absolute Gasteiger partial charge is 0.227 e. The first-order valence-electron chi connectivity index (χ1n) is 6.48. The zero-order chi connectivity index (χ0) is 14.7. The van der Waals surface area contributed by atoms with Crippen LogP contribution in [0.4, 0.5) is 0 Å². The van der Waals surface area contributed by atoms with Gasteiger partial charge in [-0.05, 0) is 30.5 Å². The summed E-state index contributed by atoms with van der Waals surface area (Å²) in [4.78, 5) is 25.1. The van der Waals surface area contributed by atoms with E-state index in [0.717, 1.165) is 18.4 Å². The summed E-state index contributed by atoms with van der Waals surface area (Å²) < 4.78 is 0. The van der Waals surface area contributed by atoms with Gasteiger partial charge >= 0.3 is 0 Å². The lowest BCUT2D eigenvalue weighted by atomic mass is 9.97. The molecule has 1 atom stereocenters. The van der Waals surface area contributed by atoms with Gasteiger partial charge in [-0.2, -0.15) is 0 Å². The van der Waals surface area contributed by atoms with Crippen molar-refractivity contribution in [2.45, 2.75) is 19.3 Å². The SMILES string of the molecule is NC(=O)[C@@H]1CCCN(C(=O)Cc2ccc(Cl)c(Cl)c2)C1. The average Bonchev–Trinajstić information content (AvgIpc) is 2.43. The van der Waals surface area contributed by atoms with Crippen LogP contribution in [0.5, 0.6) is 0 Å². The molecule has 1 saturated heterocycles. The zero-order valence-corrected chi connectivity index (χ0v) is 12.5. The third-order valence-corrected chi connectivity index (χ3v) is 4.25. The Morgan fingerprint density at radius 3 is 2.70 bits per heavy atom. The Kier molecular flexibility index (Phi) is 4.89. The molecular formula is C14H16Cl2N2O2. The maximum Gasteiger partial charge on any atom is 0.227 e. The Hall–Kier alpha value is -1.26. The maximum absolute atomic E-state index is 12.2. The van der Waals surface area contributed by atoms with Crippen molar-refractivity contribution in [2.75, 3.05) is 13.1 Å². The van der Waals surface area contributed by atoms with Crippen molar-refractivity contribution in [2.24, 2.45) is 11.7 Å². The van der Waals surface area contributed by atoms with Crippen LogP contribution in [0.2, 0.25) is 10.0 Å². The van der Waals surface area contributed by atoms with Gasteiger partial charge in [-0.1, -0.05) is 29.3 Å². The molecule has 1 aliphatic heterocycles. The lowest BCUT2D eigenvalue weighted by Crippen LogP contribution is -2.44. The van der Waals surface area contributed by atoms with E-state index < -0.39 is 0 Å². The molecule has 0 radical (unpaired) electrons. The molecule has 1 fully saturated rings. The molecule has 0 spiro atoms. The molecule has 0 aliphatic carbocycles. The maximum atomic E-state index is 12.2. The van der Waals surface area contributed by atoms with E-state index in [9.17, 15) is 9.59 Å². The van der Waals surface area contributed by atoms with E-state index in [1.165, 1.54) is 0 Å². The lowest BCUT2D eigenvalue weighted by Gasteiger charge is -2.31. The minimum atomic E-state index is -0.336. The van der Waals surface area contributed by atoms with E-state index in [2.05, 4.69) is 0 Å². The van der Waals surface area contributed by atoms with Gasteiger partial charge in [-0.15, -0.1) is 0 Å². The quantitative estimate of drug-likeness (QED) is 0.930. The molecule has 0 bridgehead atoms. The van der Waals surface area contributed by atoms with Crippen molar-refractivity contribution in [3.05, 3.63) is 33.8 Å². The Morgan fingerprint density at radius 1 is 1.30 bits per heavy atom. The Balaban J connectivity index is 2.00. The van der Waals surface area contributed by atoms with Crippen LogP contribution in [0.1, 0.15) is 18.4 Å². The standard InChI is InChI=1S/C14H16Cl2N2O2/c15-11-4-3-9(6-12(11)16)7-13(19)18-5-1-2-10(8-18)14(17)20/h3-4,6,10H,1-2,5,7-8H2,(H2,17,20)/t10-/m1/s1. The van der Waals surface area contributed by atoms with E-state index in [0.29, 0.717) is 23.1 Å². The molecule has 0 aromatic heterocycles. The van der Waals surface area contributed by atoms with Gasteiger partial charge < -0.3 is 10.6 Å². The monoisotopic (exact) mass is 314 g/mol. The molecule has 0 saturated carbocycles. The molecule has 1 aromatic carbocycles. The normalized spacial score (nSPS) is 18.9. The highest BCUT2D eigenvalue weighted by molar-refractivity contribution is 6.42. The van der Waals surface area contributed by atoms with Crippen molar-refractivity contribution < 1.29 is 9.59 Å². The van der Waals surface area contributed by atoms with Crippen molar-refractivity contribution in [1.29, 1.82) is 0 Å². The van der Waals surface area contributed by atoms with Gasteiger partial charge in [-0.3, -0.25) is 9.59 Å². The Labute approximate surface area is 127 Å². The van der Waals surface area contributed by atoms with E-state index in [4.69, 9.17) is 28.9 Å². The summed E-state index contributed by atoms with van der Waals surface area (Å²) in [5.41, 5.74) is 6.12. The number of amides is 2. The number of likely N-dealkylation sites (tertiary alicyclic amines) is 1. The number of halogens is 2. The number of hydrogen-bond acceptors (Lipinski definition) is 2. The average molecular weight is 315 g/mol. The van der Waals surface area contributed by atoms with E-state index >= 15 is 0 Å². The number of primary amides is 1. The summed E-state index contributed by atoms with van der Waals surface area (Å²) in [5, 5.41) is 0.903. The Bertz CT molecular complexity index is 534. The van der Waals surface area contributed by atoms with Crippen molar-refractivity contribution in [3.8, 4) is 0 Å². The summed E-state index contributed by atoms with van der Waals surface area (Å²) in [5.74, 6) is -0.590. The third-order valence-electron chi connectivity index (χ3n) is 3.52. The molecule has 2 N–H and O–H groups in total. The van der Waals surface area contributed by atoms with Crippen LogP contribution in [0.25, 0.3) is 0 Å². The van der Waals surface area contributed by atoms with Gasteiger partial charge in [0.05, 0.1) is 22.4 Å². The van der Waals surface area contributed by atoms with Crippen molar-refractivity contribution in [1.82, 2.24) is 4.90 Å². The first-order chi connectivity index (χ1) is 9.47. The van der Waals surface area contributed by atoms with Gasteiger partial charge in [0.1, 0.15) is 0 Å². The molecule has 6 heteroatoms. The molecule has 108 valence electrons. The largest absolute Gasteiger partial charge is 0.369 e. The molecule has 20 heavy (non-hydrogen) atoms. The summed E-state index contributed by atoms with van der Waals surface area (Å²) in [6, 6.07) is 5.15. The fraction of sp³-hybridized carbons (Fsp3) is 0.429. The first-order valence-corrected chi connectivity index (χ1v) is 7.24. The van der Waals surface area contributed by atoms with Gasteiger partial charge in [0, 0.05) is 13.1 Å². The summed E-state index contributed by atoms with van der Waals surface area (Å²) in [6.07, 6.45) is 1.81. The van der Waals surface area contributed by atoms with Crippen LogP contribution < -0.4 is 5.73 Å². The first kappa shape index (κ1) is 15.1. The molecular weight excluding hydrogens is 299 g/mol. The number of carbonyl (C=O) groups is 2. The second-order valence-electron chi connectivity index (χ2n) is 5.01. The van der Waals surface area contributed by atoms with E-state index in [1.54, 1.807) is 23.1 Å². The summed E-state index contributed by atoms with van der Waals surface area (Å²) in [6.45, 7) is 1.08. The molecule has 2 rings (SSSR count). The van der Waals surface area contributed by atoms with Crippen LogP contribution >= 0.6 is 23.2 Å². The lowest BCUT2D eigenvalue weighted by molar-refractivity contribution is -0.134. The molecule has 1 aliphatic rings. The molecule has 2 amide bonds. The zero-order valence-electron chi connectivity index (χ0n) is 10.9. The van der Waals surface area contributed by atoms with Gasteiger partial charge in [-0.25, -0.2) is 0 Å². The van der Waals surface area contributed by atoms with E-state index in [-0.39, 0.29) is 24.2 Å². The summed E-state index contributed by atoms with van der Waals surface area (Å²) in [7, 11) is 0. The number of benzene rings is 1. The van der Waals surface area contributed by atoms with Crippen LogP contribution in [-0.2, 0) is 16.0 Å². The van der Waals surface area contributed by atoms with Crippen LogP contribution in [0, 0.1) is 5.92 Å². The van der Waals surface area contributed by atoms with E-state index in [1.807, 2.05) is 0 Å². The van der Waals surface area contributed by atoms with Crippen molar-refractivity contribution in [3.63, 3.8) is 0 Å². The fourth-order valence-corrected chi connectivity index (χ4v) is 2.69. The Morgan fingerprint density at radius 2 is 2.05 bits per heavy atom. The van der Waals surface area contributed by atoms with Crippen LogP contribution in [-0.4, -0.2) is 29.8 Å². The molecule has 0 unspecified atom stereocenters. The molecule has 1 aromatic rings. The van der Waals surface area contributed by atoms with Gasteiger partial charge in [0.25, 0.3) is 0 Å². The number of nitrogens with two attached hydrogens (primary N) is 1. The number of rotatable bonds is 3. The third kappa shape index (κ3) is 3.64. The predicted octanol–water partition coefficient (Wildman–Crippen LogP) is 2.26. The summed E-state index contributed by atoms with van der Waals surface area (Å²) >= 11 is 11.8. The van der Waals surface area contributed by atoms with Gasteiger partial charge in [0.2, 0.25) is 11.8 Å². The topological polar surface area (TPSA) is 63.4 Å². The highest BCUT2D eigenvalue weighted by atomic mass is 35.5. The molecule has 4 nitrogen and oxygen atoms in total.